The van der Waals surface area contributed by atoms with Gasteiger partial charge < -0.3 is 10.1 Å². The van der Waals surface area contributed by atoms with Gasteiger partial charge in [0.15, 0.2) is 0 Å². The maximum Gasteiger partial charge on any atom is 0.302 e. The van der Waals surface area contributed by atoms with Crippen molar-refractivity contribution in [2.24, 2.45) is 0 Å². The molecule has 1 amide bonds. The summed E-state index contributed by atoms with van der Waals surface area (Å²) >= 11 is 0. The van der Waals surface area contributed by atoms with Crippen molar-refractivity contribution >= 4 is 27.7 Å². The van der Waals surface area contributed by atoms with Gasteiger partial charge in [-0.25, -0.2) is 22.5 Å². The van der Waals surface area contributed by atoms with Crippen LogP contribution in [0.4, 0.5) is 10.2 Å². The maximum atomic E-state index is 14.9. The number of anilines is 1. The third kappa shape index (κ3) is 5.20. The van der Waals surface area contributed by atoms with Crippen LogP contribution in [0.2, 0.25) is 0 Å². The van der Waals surface area contributed by atoms with Gasteiger partial charge in [0.25, 0.3) is 5.91 Å². The van der Waals surface area contributed by atoms with E-state index in [9.17, 15) is 22.4 Å². The number of tetrazole rings is 1. The van der Waals surface area contributed by atoms with E-state index in [1.54, 1.807) is 39.8 Å². The molecule has 3 aromatic rings. The SMILES string of the molecule is CC(=O)OC[C@@H](C)n1nnnc1-c1cccc(NC(=O)c2cc3c(cc2F)CN(C(C)(C)C)S3(=O)=O)n1. The highest BCUT2D eigenvalue weighted by Crippen LogP contribution is 2.37. The maximum absolute atomic E-state index is 14.9. The van der Waals surface area contributed by atoms with E-state index in [0.717, 1.165) is 12.1 Å². The van der Waals surface area contributed by atoms with Crippen LogP contribution in [-0.2, 0) is 26.1 Å². The molecule has 1 aliphatic heterocycles. The normalized spacial score (nSPS) is 15.7. The lowest BCUT2D eigenvalue weighted by molar-refractivity contribution is -0.142. The number of pyridine rings is 1. The van der Waals surface area contributed by atoms with Gasteiger partial charge in [-0.15, -0.1) is 5.10 Å². The van der Waals surface area contributed by atoms with Crippen LogP contribution in [0, 0.1) is 5.82 Å². The van der Waals surface area contributed by atoms with Gasteiger partial charge in [-0.3, -0.25) is 9.59 Å². The van der Waals surface area contributed by atoms with Crippen molar-refractivity contribution in [1.29, 1.82) is 0 Å². The van der Waals surface area contributed by atoms with E-state index in [4.69, 9.17) is 4.74 Å². The molecule has 0 saturated heterocycles. The number of ether oxygens (including phenoxy) is 1. The molecule has 12 nitrogen and oxygen atoms in total. The summed E-state index contributed by atoms with van der Waals surface area (Å²) in [5, 5.41) is 14.0. The molecule has 0 unspecified atom stereocenters. The zero-order valence-corrected chi connectivity index (χ0v) is 21.7. The second-order valence-corrected chi connectivity index (χ2v) is 11.4. The van der Waals surface area contributed by atoms with Crippen LogP contribution in [0.5, 0.6) is 0 Å². The molecule has 14 heteroatoms. The molecule has 0 bridgehead atoms. The van der Waals surface area contributed by atoms with Crippen molar-refractivity contribution in [3.8, 4) is 11.5 Å². The lowest BCUT2D eigenvalue weighted by Crippen LogP contribution is -2.41. The average molecular weight is 532 g/mol. The molecule has 0 fully saturated rings. The molecule has 3 heterocycles. The van der Waals surface area contributed by atoms with Gasteiger partial charge in [0.05, 0.1) is 16.5 Å². The standard InChI is InChI=1S/C23H26FN7O5S/c1-13(12-36-14(2)32)31-21(27-28-29-31)18-7-6-8-20(25-18)26-22(33)16-10-19-15(9-17(16)24)11-30(23(3,4)5)37(19,34)35/h6-10,13H,11-12H2,1-5H3,(H,25,26,33)/t13-/m1/s1. The average Bonchev–Trinajstić information content (AvgIpc) is 3.39. The zero-order valence-electron chi connectivity index (χ0n) is 20.9. The van der Waals surface area contributed by atoms with E-state index in [2.05, 4.69) is 25.8 Å². The van der Waals surface area contributed by atoms with Gasteiger partial charge in [-0.1, -0.05) is 6.07 Å². The Labute approximate surface area is 212 Å². The van der Waals surface area contributed by atoms with E-state index in [0.29, 0.717) is 11.3 Å². The van der Waals surface area contributed by atoms with Crippen molar-refractivity contribution in [2.75, 3.05) is 11.9 Å². The number of amides is 1. The summed E-state index contributed by atoms with van der Waals surface area (Å²) in [5.74, 6) is -1.82. The minimum atomic E-state index is -3.89. The number of nitrogens with zero attached hydrogens (tertiary/aromatic N) is 6. The molecular formula is C23H26FN7O5S. The molecule has 196 valence electrons. The first kappa shape index (κ1) is 26.3. The number of carbonyl (C=O) groups is 2. The number of benzene rings is 1. The van der Waals surface area contributed by atoms with E-state index < -0.39 is 44.9 Å². The van der Waals surface area contributed by atoms with Gasteiger partial charge in [0, 0.05) is 19.0 Å². The second kappa shape index (κ2) is 9.59. The van der Waals surface area contributed by atoms with Crippen molar-refractivity contribution in [1.82, 2.24) is 29.5 Å². The molecule has 2 aromatic heterocycles. The number of fused-ring (bicyclic) bond motifs is 1. The Bertz CT molecular complexity index is 1480. The highest BCUT2D eigenvalue weighted by Gasteiger charge is 2.42. The Kier molecular flexibility index (Phi) is 6.81. The fraction of sp³-hybridized carbons (Fsp3) is 0.391. The Morgan fingerprint density at radius 1 is 1.24 bits per heavy atom. The quantitative estimate of drug-likeness (QED) is 0.474. The number of sulfonamides is 1. The van der Waals surface area contributed by atoms with Crippen LogP contribution < -0.4 is 5.32 Å². The number of carbonyl (C=O) groups excluding carboxylic acids is 2. The van der Waals surface area contributed by atoms with Gasteiger partial charge in [-0.2, -0.15) is 4.31 Å². The second-order valence-electron chi connectivity index (χ2n) is 9.58. The molecular weight excluding hydrogens is 505 g/mol. The van der Waals surface area contributed by atoms with E-state index in [1.807, 2.05) is 0 Å². The van der Waals surface area contributed by atoms with E-state index in [-0.39, 0.29) is 29.7 Å². The molecule has 1 aliphatic rings. The van der Waals surface area contributed by atoms with Gasteiger partial charge in [-0.05, 0) is 68.0 Å². The zero-order chi connectivity index (χ0) is 27.1. The first-order valence-corrected chi connectivity index (χ1v) is 12.8. The number of rotatable bonds is 6. The predicted octanol–water partition coefficient (Wildman–Crippen LogP) is 2.55. The summed E-state index contributed by atoms with van der Waals surface area (Å²) in [4.78, 5) is 28.3. The van der Waals surface area contributed by atoms with Gasteiger partial charge in [0.2, 0.25) is 15.8 Å². The third-order valence-corrected chi connectivity index (χ3v) is 7.88. The number of nitrogens with one attached hydrogen (secondary N) is 1. The molecule has 0 aliphatic carbocycles. The Balaban J connectivity index is 1.59. The molecule has 37 heavy (non-hydrogen) atoms. The topological polar surface area (TPSA) is 149 Å². The largest absolute Gasteiger partial charge is 0.464 e. The highest BCUT2D eigenvalue weighted by atomic mass is 32.2. The van der Waals surface area contributed by atoms with Crippen LogP contribution in [0.15, 0.2) is 35.2 Å². The molecule has 1 N–H and O–H groups in total. The molecule has 4 rings (SSSR count). The van der Waals surface area contributed by atoms with Gasteiger partial charge >= 0.3 is 5.97 Å². The Morgan fingerprint density at radius 2 is 1.97 bits per heavy atom. The summed E-state index contributed by atoms with van der Waals surface area (Å²) in [6.07, 6.45) is 0. The summed E-state index contributed by atoms with van der Waals surface area (Å²) in [5.41, 5.74) is -0.550. The van der Waals surface area contributed by atoms with Crippen LogP contribution >= 0.6 is 0 Å². The Morgan fingerprint density at radius 3 is 2.65 bits per heavy atom. The summed E-state index contributed by atoms with van der Waals surface area (Å²) in [6, 6.07) is 6.43. The Hall–Kier alpha value is -3.78. The first-order valence-electron chi connectivity index (χ1n) is 11.3. The van der Waals surface area contributed by atoms with Crippen molar-refractivity contribution in [3.63, 3.8) is 0 Å². The van der Waals surface area contributed by atoms with Crippen LogP contribution in [0.3, 0.4) is 0 Å². The van der Waals surface area contributed by atoms with E-state index >= 15 is 0 Å². The summed E-state index contributed by atoms with van der Waals surface area (Å²) < 4.78 is 48.7. The fourth-order valence-electron chi connectivity index (χ4n) is 3.87. The minimum absolute atomic E-state index is 0.0220. The number of aromatic nitrogens is 5. The number of hydrogen-bond donors (Lipinski definition) is 1. The van der Waals surface area contributed by atoms with Crippen molar-refractivity contribution in [3.05, 3.63) is 47.3 Å². The fourth-order valence-corrected chi connectivity index (χ4v) is 5.86. The number of hydrogen-bond acceptors (Lipinski definition) is 9. The lowest BCUT2D eigenvalue weighted by Gasteiger charge is -2.29. The lowest BCUT2D eigenvalue weighted by atomic mass is 10.1. The molecule has 1 aromatic carbocycles. The highest BCUT2D eigenvalue weighted by molar-refractivity contribution is 7.89. The third-order valence-electron chi connectivity index (χ3n) is 5.68. The van der Waals surface area contributed by atoms with E-state index in [1.165, 1.54) is 22.0 Å². The molecule has 0 spiro atoms. The minimum Gasteiger partial charge on any atom is -0.464 e. The van der Waals surface area contributed by atoms with Crippen LogP contribution in [0.25, 0.3) is 11.5 Å². The summed E-state index contributed by atoms with van der Waals surface area (Å²) in [6.45, 7) is 8.33. The number of esters is 1. The smallest absolute Gasteiger partial charge is 0.302 e. The molecule has 1 atom stereocenters. The first-order chi connectivity index (χ1) is 17.3. The van der Waals surface area contributed by atoms with Gasteiger partial charge in [0.1, 0.15) is 23.9 Å². The van der Waals surface area contributed by atoms with Crippen LogP contribution in [-0.4, -0.2) is 61.9 Å². The number of halogens is 1. The van der Waals surface area contributed by atoms with Crippen molar-refractivity contribution in [2.45, 2.75) is 57.6 Å². The van der Waals surface area contributed by atoms with Crippen LogP contribution in [0.1, 0.15) is 56.6 Å². The van der Waals surface area contributed by atoms with Crippen molar-refractivity contribution < 1.29 is 27.1 Å². The molecule has 0 radical (unpaired) electrons. The summed E-state index contributed by atoms with van der Waals surface area (Å²) in [7, 11) is -3.89. The predicted molar refractivity (Wildman–Crippen MR) is 129 cm³/mol. The molecule has 0 saturated carbocycles. The monoisotopic (exact) mass is 531 g/mol.